The third-order valence-electron chi connectivity index (χ3n) is 8.96. The maximum Gasteiger partial charge on any atom is 0.319 e. The fraction of sp³-hybridized carbons (Fsp3) is 0.500. The zero-order valence-electron chi connectivity index (χ0n) is 25.5. The van der Waals surface area contributed by atoms with E-state index >= 15 is 4.39 Å². The van der Waals surface area contributed by atoms with Crippen molar-refractivity contribution in [2.24, 2.45) is 0 Å². The Balaban J connectivity index is 0.00000168. The van der Waals surface area contributed by atoms with Gasteiger partial charge in [0, 0.05) is 54.6 Å². The highest BCUT2D eigenvalue weighted by Crippen LogP contribution is 2.42. The predicted molar refractivity (Wildman–Crippen MR) is 173 cm³/mol. The number of ether oxygens (including phenoxy) is 2. The minimum absolute atomic E-state index is 0.00124. The second-order valence-electron chi connectivity index (χ2n) is 11.4. The minimum atomic E-state index is -0.577. The van der Waals surface area contributed by atoms with Crippen LogP contribution in [-0.2, 0) is 4.74 Å². The van der Waals surface area contributed by atoms with Crippen LogP contribution in [0.5, 0.6) is 6.01 Å². The van der Waals surface area contributed by atoms with Crippen LogP contribution in [0.25, 0.3) is 32.2 Å². The molecule has 0 bridgehead atoms. The fourth-order valence-electron chi connectivity index (χ4n) is 6.98. The number of anilines is 2. The van der Waals surface area contributed by atoms with E-state index in [0.717, 1.165) is 50.0 Å². The molecule has 3 saturated heterocycles. The first-order valence-corrected chi connectivity index (χ1v) is 16.3. The van der Waals surface area contributed by atoms with E-state index in [-0.39, 0.29) is 28.8 Å². The molecule has 6 heterocycles. The molecule has 232 valence electrons. The predicted octanol–water partition coefficient (Wildman–Crippen LogP) is 4.96. The molecule has 44 heavy (non-hydrogen) atoms. The van der Waals surface area contributed by atoms with Crippen molar-refractivity contribution >= 4 is 43.1 Å². The Morgan fingerprint density at radius 3 is 2.75 bits per heavy atom. The van der Waals surface area contributed by atoms with Crippen molar-refractivity contribution in [1.29, 1.82) is 5.26 Å². The topological polar surface area (TPSA) is 125 Å². The molecule has 0 amide bonds. The van der Waals surface area contributed by atoms with E-state index in [2.05, 4.69) is 31.2 Å². The number of nitrogens with two attached hydrogens (primary N) is 1. The summed E-state index contributed by atoms with van der Waals surface area (Å²) in [5.74, 6) is 0.0192. The molecule has 3 aliphatic heterocycles. The first-order valence-electron chi connectivity index (χ1n) is 15.4. The monoisotopic (exact) mass is 618 g/mol. The van der Waals surface area contributed by atoms with E-state index in [4.69, 9.17) is 20.2 Å². The van der Waals surface area contributed by atoms with Crippen molar-refractivity contribution in [3.8, 4) is 23.3 Å². The second-order valence-corrected chi connectivity index (χ2v) is 12.5. The molecular weight excluding hydrogens is 579 g/mol. The molecule has 7 rings (SSSR count). The number of pyridine rings is 1. The summed E-state index contributed by atoms with van der Waals surface area (Å²) in [5, 5.41) is 14.8. The average Bonchev–Trinajstić information content (AvgIpc) is 3.73. The fourth-order valence-corrected chi connectivity index (χ4v) is 7.93. The van der Waals surface area contributed by atoms with Crippen molar-refractivity contribution < 1.29 is 13.9 Å². The number of methoxy groups -OCH3 is 1. The zero-order chi connectivity index (χ0) is 30.8. The van der Waals surface area contributed by atoms with Gasteiger partial charge in [-0.3, -0.25) is 9.88 Å². The average molecular weight is 619 g/mol. The molecule has 0 radical (unpaired) electrons. The van der Waals surface area contributed by atoms with Crippen LogP contribution in [0.15, 0.2) is 24.4 Å². The first-order chi connectivity index (χ1) is 21.5. The number of rotatable bonds is 7. The molecular formula is C32H39FN8O2S. The molecule has 1 unspecified atom stereocenters. The number of nitriles is 1. The summed E-state index contributed by atoms with van der Waals surface area (Å²) < 4.78 is 29.2. The van der Waals surface area contributed by atoms with Gasteiger partial charge >= 0.3 is 6.01 Å². The summed E-state index contributed by atoms with van der Waals surface area (Å²) in [6, 6.07) is 7.92. The van der Waals surface area contributed by atoms with Crippen LogP contribution in [0.3, 0.4) is 0 Å². The Bertz CT molecular complexity index is 1690. The SMILES string of the molecule is CC.COCC1CN(c2nc(OCC34CCCN3CCC4)nc3c(F)c(-c4cccc5sc(N)c(C#N)c45)ncc23)CCN1. The molecule has 3 N–H and O–H groups in total. The lowest BCUT2D eigenvalue weighted by Gasteiger charge is -2.35. The van der Waals surface area contributed by atoms with Gasteiger partial charge in [0.15, 0.2) is 5.82 Å². The number of nitrogens with one attached hydrogen (secondary N) is 1. The second kappa shape index (κ2) is 12.8. The van der Waals surface area contributed by atoms with Crippen LogP contribution >= 0.6 is 11.3 Å². The number of benzene rings is 1. The number of hydrogen-bond acceptors (Lipinski definition) is 11. The maximum absolute atomic E-state index is 16.6. The molecule has 12 heteroatoms. The molecule has 3 aliphatic rings. The molecule has 1 atom stereocenters. The highest BCUT2D eigenvalue weighted by atomic mass is 32.1. The third kappa shape index (κ3) is 5.32. The number of hydrogen-bond donors (Lipinski definition) is 2. The van der Waals surface area contributed by atoms with E-state index in [0.29, 0.717) is 59.0 Å². The summed E-state index contributed by atoms with van der Waals surface area (Å²) in [6.07, 6.45) is 6.11. The van der Waals surface area contributed by atoms with Gasteiger partial charge in [-0.2, -0.15) is 15.2 Å². The van der Waals surface area contributed by atoms with Crippen LogP contribution in [0.4, 0.5) is 15.2 Å². The molecule has 0 saturated carbocycles. The maximum atomic E-state index is 16.6. The van der Waals surface area contributed by atoms with Gasteiger partial charge in [-0.1, -0.05) is 26.0 Å². The van der Waals surface area contributed by atoms with Crippen LogP contribution < -0.4 is 20.7 Å². The molecule has 10 nitrogen and oxygen atoms in total. The quantitative estimate of drug-likeness (QED) is 0.294. The number of nitrogen functional groups attached to an aromatic ring is 1. The molecule has 4 aromatic rings. The number of thiophene rings is 1. The van der Waals surface area contributed by atoms with Gasteiger partial charge < -0.3 is 25.4 Å². The van der Waals surface area contributed by atoms with Crippen LogP contribution in [-0.4, -0.2) is 84.5 Å². The smallest absolute Gasteiger partial charge is 0.319 e. The van der Waals surface area contributed by atoms with Crippen molar-refractivity contribution in [2.45, 2.75) is 51.1 Å². The van der Waals surface area contributed by atoms with Crippen molar-refractivity contribution in [2.75, 3.05) is 63.7 Å². The summed E-state index contributed by atoms with van der Waals surface area (Å²) in [6.45, 7) is 9.26. The lowest BCUT2D eigenvalue weighted by Crippen LogP contribution is -2.53. The standard InChI is InChI=1S/C30H33FN8O2S.C2H6/c1-40-16-18-15-38(12-9-34-18)28-21-14-35-25(19-5-2-6-22-23(19)20(13-32)27(33)42-22)24(31)26(21)36-29(37-28)41-17-30-7-3-10-39(30)11-4-8-30;1-2/h2,5-6,14,18,34H,3-4,7-12,15-17,33H2,1H3;1-2H3. The highest BCUT2D eigenvalue weighted by molar-refractivity contribution is 7.23. The van der Waals surface area contributed by atoms with Gasteiger partial charge in [-0.15, -0.1) is 11.3 Å². The number of halogens is 1. The summed E-state index contributed by atoms with van der Waals surface area (Å²) in [4.78, 5) is 18.7. The van der Waals surface area contributed by atoms with Crippen molar-refractivity contribution in [3.05, 3.63) is 35.8 Å². The molecule has 3 fully saturated rings. The lowest BCUT2D eigenvalue weighted by atomic mass is 9.95. The first kappa shape index (κ1) is 30.4. The third-order valence-corrected chi connectivity index (χ3v) is 9.94. The molecule has 0 spiro atoms. The molecule has 3 aromatic heterocycles. The Kier molecular flexibility index (Phi) is 8.82. The van der Waals surface area contributed by atoms with Crippen LogP contribution in [0.1, 0.15) is 45.1 Å². The van der Waals surface area contributed by atoms with E-state index in [1.165, 1.54) is 11.3 Å². The lowest BCUT2D eigenvalue weighted by molar-refractivity contribution is 0.108. The van der Waals surface area contributed by atoms with Gasteiger partial charge in [0.2, 0.25) is 0 Å². The Labute approximate surface area is 261 Å². The zero-order valence-corrected chi connectivity index (χ0v) is 26.3. The number of nitrogens with zero attached hydrogens (tertiary/aromatic N) is 6. The summed E-state index contributed by atoms with van der Waals surface area (Å²) in [5.41, 5.74) is 7.24. The Hall–Kier alpha value is -3.63. The number of fused-ring (bicyclic) bond motifs is 3. The van der Waals surface area contributed by atoms with Gasteiger partial charge in [0.05, 0.1) is 23.1 Å². The van der Waals surface area contributed by atoms with Crippen LogP contribution in [0.2, 0.25) is 0 Å². The van der Waals surface area contributed by atoms with Gasteiger partial charge in [-0.25, -0.2) is 4.39 Å². The van der Waals surface area contributed by atoms with Crippen molar-refractivity contribution in [3.63, 3.8) is 0 Å². The molecule has 0 aliphatic carbocycles. The van der Waals surface area contributed by atoms with E-state index in [9.17, 15) is 5.26 Å². The number of piperazine rings is 1. The normalized spacial score (nSPS) is 19.5. The van der Waals surface area contributed by atoms with Gasteiger partial charge in [0.1, 0.15) is 34.7 Å². The van der Waals surface area contributed by atoms with Crippen molar-refractivity contribution in [1.82, 2.24) is 25.2 Å². The van der Waals surface area contributed by atoms with E-state index < -0.39 is 5.82 Å². The summed E-state index contributed by atoms with van der Waals surface area (Å²) in [7, 11) is 1.68. The molecule has 1 aromatic carbocycles. The summed E-state index contributed by atoms with van der Waals surface area (Å²) >= 11 is 1.31. The van der Waals surface area contributed by atoms with Gasteiger partial charge in [0.25, 0.3) is 0 Å². The van der Waals surface area contributed by atoms with E-state index in [1.54, 1.807) is 19.4 Å². The number of aromatic nitrogens is 3. The Morgan fingerprint density at radius 2 is 2.00 bits per heavy atom. The highest BCUT2D eigenvalue weighted by Gasteiger charge is 2.45. The van der Waals surface area contributed by atoms with Gasteiger partial charge in [-0.05, 0) is 44.8 Å². The van der Waals surface area contributed by atoms with E-state index in [1.807, 2.05) is 26.0 Å². The Morgan fingerprint density at radius 1 is 1.20 bits per heavy atom. The largest absolute Gasteiger partial charge is 0.461 e. The minimum Gasteiger partial charge on any atom is -0.461 e. The van der Waals surface area contributed by atoms with Crippen LogP contribution in [0, 0.1) is 17.1 Å².